The number of fused-ring (bicyclic) bond motifs is 1. The monoisotopic (exact) mass is 344 g/mol. The number of methoxy groups -OCH3 is 1. The average Bonchev–Trinajstić information content (AvgIpc) is 2.66. The van der Waals surface area contributed by atoms with E-state index in [2.05, 4.69) is 6.92 Å². The molecule has 0 aliphatic carbocycles. The Labute approximate surface area is 150 Å². The summed E-state index contributed by atoms with van der Waals surface area (Å²) in [6, 6.07) is 13.4. The van der Waals surface area contributed by atoms with Crippen LogP contribution in [0.5, 0.6) is 5.75 Å². The molecule has 0 spiro atoms. The van der Waals surface area contributed by atoms with Crippen LogP contribution in [0.2, 0.25) is 0 Å². The number of nitriles is 1. The second-order valence-electron chi connectivity index (χ2n) is 5.33. The molecule has 0 heterocycles. The third-order valence-electron chi connectivity index (χ3n) is 3.39. The highest BCUT2D eigenvalue weighted by Gasteiger charge is 2.13. The van der Waals surface area contributed by atoms with E-state index in [0.29, 0.717) is 6.42 Å². The molecule has 25 heavy (non-hydrogen) atoms. The Morgan fingerprint density at radius 1 is 1.24 bits per heavy atom. The Balaban J connectivity index is 0.000000609. The SMILES string of the molecule is CCC#N.CCCN.COc1ccc2cc([C@H](C)C(=O)O)ccc2c1. The lowest BCUT2D eigenvalue weighted by Crippen LogP contribution is -2.06. The number of nitrogens with two attached hydrogens (primary N) is 1. The topological polar surface area (TPSA) is 96.3 Å². The largest absolute Gasteiger partial charge is 0.497 e. The van der Waals surface area contributed by atoms with Crippen LogP contribution in [0.4, 0.5) is 0 Å². The highest BCUT2D eigenvalue weighted by Crippen LogP contribution is 2.25. The van der Waals surface area contributed by atoms with E-state index in [-0.39, 0.29) is 0 Å². The van der Waals surface area contributed by atoms with E-state index in [1.807, 2.05) is 49.4 Å². The van der Waals surface area contributed by atoms with Gasteiger partial charge in [-0.2, -0.15) is 5.26 Å². The molecule has 0 aliphatic heterocycles. The van der Waals surface area contributed by atoms with Crippen LogP contribution in [0.3, 0.4) is 0 Å². The van der Waals surface area contributed by atoms with E-state index in [1.165, 1.54) is 0 Å². The molecule has 136 valence electrons. The van der Waals surface area contributed by atoms with Gasteiger partial charge in [-0.1, -0.05) is 38.1 Å². The first-order valence-corrected chi connectivity index (χ1v) is 8.32. The quantitative estimate of drug-likeness (QED) is 0.861. The van der Waals surface area contributed by atoms with E-state index in [1.54, 1.807) is 14.0 Å². The zero-order chi connectivity index (χ0) is 19.2. The van der Waals surface area contributed by atoms with Crippen LogP contribution in [-0.2, 0) is 4.79 Å². The molecule has 2 aromatic rings. The molecule has 0 saturated carbocycles. The molecular weight excluding hydrogens is 316 g/mol. The van der Waals surface area contributed by atoms with Gasteiger partial charge in [0.15, 0.2) is 0 Å². The third-order valence-corrected chi connectivity index (χ3v) is 3.39. The maximum atomic E-state index is 10.9. The third kappa shape index (κ3) is 8.18. The molecule has 0 fully saturated rings. The summed E-state index contributed by atoms with van der Waals surface area (Å²) in [4.78, 5) is 10.9. The predicted molar refractivity (Wildman–Crippen MR) is 102 cm³/mol. The van der Waals surface area contributed by atoms with Gasteiger partial charge in [-0.3, -0.25) is 4.79 Å². The summed E-state index contributed by atoms with van der Waals surface area (Å²) < 4.78 is 5.14. The van der Waals surface area contributed by atoms with Crippen molar-refractivity contribution in [1.82, 2.24) is 0 Å². The van der Waals surface area contributed by atoms with Crippen LogP contribution in [0.25, 0.3) is 10.8 Å². The zero-order valence-corrected chi connectivity index (χ0v) is 15.5. The van der Waals surface area contributed by atoms with Crippen LogP contribution < -0.4 is 10.5 Å². The first-order chi connectivity index (χ1) is 11.9. The van der Waals surface area contributed by atoms with Gasteiger partial charge in [0.1, 0.15) is 5.75 Å². The van der Waals surface area contributed by atoms with Crippen molar-refractivity contribution in [1.29, 1.82) is 5.26 Å². The zero-order valence-electron chi connectivity index (χ0n) is 15.5. The highest BCUT2D eigenvalue weighted by atomic mass is 16.5. The molecule has 0 unspecified atom stereocenters. The van der Waals surface area contributed by atoms with Gasteiger partial charge in [0.25, 0.3) is 0 Å². The Kier molecular flexibility index (Phi) is 11.5. The lowest BCUT2D eigenvalue weighted by molar-refractivity contribution is -0.138. The maximum Gasteiger partial charge on any atom is 0.310 e. The number of benzene rings is 2. The van der Waals surface area contributed by atoms with Crippen molar-refractivity contribution >= 4 is 16.7 Å². The molecule has 3 N–H and O–H groups in total. The molecule has 0 aromatic heterocycles. The number of nitrogens with zero attached hydrogens (tertiary/aromatic N) is 1. The van der Waals surface area contributed by atoms with E-state index in [0.717, 1.165) is 35.1 Å². The number of hydrogen-bond acceptors (Lipinski definition) is 4. The van der Waals surface area contributed by atoms with Gasteiger partial charge in [0, 0.05) is 6.42 Å². The van der Waals surface area contributed by atoms with Gasteiger partial charge < -0.3 is 15.6 Å². The minimum absolute atomic E-state index is 0.485. The Bertz CT molecular complexity index is 691. The molecule has 0 amide bonds. The standard InChI is InChI=1S/C14H14O3.C3H9N.C3H5N/c1-9(14(15)16)10-3-4-12-8-13(17-2)6-5-11(12)7-10;2*1-2-3-4/h3-9H,1-2H3,(H,15,16);2-4H2,1H3;2H2,1H3/t9-;;/m0../s1. The molecule has 5 nitrogen and oxygen atoms in total. The molecule has 0 bridgehead atoms. The summed E-state index contributed by atoms with van der Waals surface area (Å²) in [5, 5.41) is 18.7. The van der Waals surface area contributed by atoms with Gasteiger partial charge in [-0.25, -0.2) is 0 Å². The van der Waals surface area contributed by atoms with Crippen molar-refractivity contribution in [3.63, 3.8) is 0 Å². The second kappa shape index (κ2) is 12.8. The fourth-order valence-electron chi connectivity index (χ4n) is 1.78. The highest BCUT2D eigenvalue weighted by molar-refractivity contribution is 5.86. The summed E-state index contributed by atoms with van der Waals surface area (Å²) in [5.41, 5.74) is 5.84. The van der Waals surface area contributed by atoms with Crippen molar-refractivity contribution < 1.29 is 14.6 Å². The summed E-state index contributed by atoms with van der Waals surface area (Å²) in [6.07, 6.45) is 1.72. The summed E-state index contributed by atoms with van der Waals surface area (Å²) in [5.74, 6) is -0.490. The summed E-state index contributed by atoms with van der Waals surface area (Å²) >= 11 is 0. The van der Waals surface area contributed by atoms with Crippen LogP contribution in [0.1, 0.15) is 45.1 Å². The van der Waals surface area contributed by atoms with Crippen LogP contribution in [0, 0.1) is 11.3 Å². The molecule has 1 atom stereocenters. The van der Waals surface area contributed by atoms with Gasteiger partial charge in [-0.05, 0) is 48.4 Å². The first kappa shape index (κ1) is 22.4. The number of rotatable bonds is 4. The maximum absolute atomic E-state index is 10.9. The van der Waals surface area contributed by atoms with E-state index in [9.17, 15) is 4.79 Å². The molecular formula is C20H28N2O3. The van der Waals surface area contributed by atoms with E-state index < -0.39 is 11.9 Å². The number of carbonyl (C=O) groups is 1. The fourth-order valence-corrected chi connectivity index (χ4v) is 1.78. The lowest BCUT2D eigenvalue weighted by Gasteiger charge is -2.08. The van der Waals surface area contributed by atoms with Crippen molar-refractivity contribution in [2.75, 3.05) is 13.7 Å². The molecule has 0 saturated heterocycles. The van der Waals surface area contributed by atoms with Crippen molar-refractivity contribution in [2.45, 2.75) is 39.5 Å². The smallest absolute Gasteiger partial charge is 0.310 e. The number of ether oxygens (including phenoxy) is 1. The molecule has 5 heteroatoms. The molecule has 0 radical (unpaired) electrons. The Morgan fingerprint density at radius 2 is 1.76 bits per heavy atom. The minimum Gasteiger partial charge on any atom is -0.497 e. The van der Waals surface area contributed by atoms with E-state index >= 15 is 0 Å². The second-order valence-corrected chi connectivity index (χ2v) is 5.33. The number of carboxylic acid groups (broad SMARTS) is 1. The lowest BCUT2D eigenvalue weighted by atomic mass is 9.98. The van der Waals surface area contributed by atoms with Crippen molar-refractivity contribution in [3.05, 3.63) is 42.0 Å². The van der Waals surface area contributed by atoms with Crippen LogP contribution in [-0.4, -0.2) is 24.7 Å². The Hall–Kier alpha value is -2.58. The van der Waals surface area contributed by atoms with Crippen LogP contribution >= 0.6 is 0 Å². The summed E-state index contributed by atoms with van der Waals surface area (Å²) in [7, 11) is 1.63. The van der Waals surface area contributed by atoms with Gasteiger partial charge >= 0.3 is 5.97 Å². The van der Waals surface area contributed by atoms with Gasteiger partial charge in [-0.15, -0.1) is 0 Å². The average molecular weight is 344 g/mol. The van der Waals surface area contributed by atoms with Crippen molar-refractivity contribution in [2.24, 2.45) is 5.73 Å². The number of hydrogen-bond donors (Lipinski definition) is 2. The fraction of sp³-hybridized carbons (Fsp3) is 0.400. The van der Waals surface area contributed by atoms with Gasteiger partial charge in [0.05, 0.1) is 19.1 Å². The number of carboxylic acids is 1. The number of aliphatic carboxylic acids is 1. The van der Waals surface area contributed by atoms with Crippen molar-refractivity contribution in [3.8, 4) is 11.8 Å². The molecule has 0 aliphatic rings. The minimum atomic E-state index is -0.808. The first-order valence-electron chi connectivity index (χ1n) is 8.32. The molecule has 2 aromatic carbocycles. The normalized spacial score (nSPS) is 10.4. The van der Waals surface area contributed by atoms with E-state index in [4.69, 9.17) is 20.8 Å². The molecule has 2 rings (SSSR count). The van der Waals surface area contributed by atoms with Gasteiger partial charge in [0.2, 0.25) is 0 Å². The summed E-state index contributed by atoms with van der Waals surface area (Å²) in [6.45, 7) is 6.38. The Morgan fingerprint density at radius 3 is 2.20 bits per heavy atom. The predicted octanol–water partition coefficient (Wildman–Crippen LogP) is 4.31. The van der Waals surface area contributed by atoms with Crippen LogP contribution in [0.15, 0.2) is 36.4 Å².